The Morgan fingerprint density at radius 1 is 1.06 bits per heavy atom. The zero-order valence-electron chi connectivity index (χ0n) is 17.8. The molecule has 2 atom stereocenters. The van der Waals surface area contributed by atoms with Gasteiger partial charge in [0.25, 0.3) is 5.91 Å². The number of ether oxygens (including phenoxy) is 2. The molecule has 0 saturated heterocycles. The SMILES string of the molecule is O=C1Nc2ccccc2[C@H]2OC(c3ccc(OCCCO)cc3)=N[C@@]12Cc1ccccc1Br. The van der Waals surface area contributed by atoms with Gasteiger partial charge in [-0.3, -0.25) is 4.79 Å². The Morgan fingerprint density at radius 3 is 2.61 bits per heavy atom. The summed E-state index contributed by atoms with van der Waals surface area (Å²) < 4.78 is 13.0. The van der Waals surface area contributed by atoms with Crippen LogP contribution < -0.4 is 10.1 Å². The maximum atomic E-state index is 13.5. The van der Waals surface area contributed by atoms with E-state index in [4.69, 9.17) is 19.6 Å². The van der Waals surface area contributed by atoms with Crippen molar-refractivity contribution >= 4 is 33.4 Å². The van der Waals surface area contributed by atoms with E-state index in [0.717, 1.165) is 26.9 Å². The van der Waals surface area contributed by atoms with Crippen LogP contribution in [0.3, 0.4) is 0 Å². The van der Waals surface area contributed by atoms with E-state index in [9.17, 15) is 4.79 Å². The van der Waals surface area contributed by atoms with Crippen LogP contribution in [-0.4, -0.2) is 35.7 Å². The Labute approximate surface area is 200 Å². The molecule has 2 heterocycles. The fourth-order valence-corrected chi connectivity index (χ4v) is 4.69. The maximum Gasteiger partial charge on any atom is 0.257 e. The normalized spacial score (nSPS) is 20.8. The quantitative estimate of drug-likeness (QED) is 0.456. The molecule has 0 saturated carbocycles. The van der Waals surface area contributed by atoms with Crippen molar-refractivity contribution in [3.8, 4) is 5.75 Å². The van der Waals surface area contributed by atoms with Gasteiger partial charge in [-0.25, -0.2) is 4.99 Å². The predicted octanol–water partition coefficient (Wildman–Crippen LogP) is 4.66. The van der Waals surface area contributed by atoms with Crippen LogP contribution >= 0.6 is 15.9 Å². The molecular formula is C26H23BrN2O4. The lowest BCUT2D eigenvalue weighted by Crippen LogP contribution is -2.49. The van der Waals surface area contributed by atoms with Crippen molar-refractivity contribution in [2.45, 2.75) is 24.5 Å². The van der Waals surface area contributed by atoms with E-state index < -0.39 is 11.6 Å². The first kappa shape index (κ1) is 21.7. The molecule has 2 aliphatic rings. The second-order valence-corrected chi connectivity index (χ2v) is 8.95. The van der Waals surface area contributed by atoms with Crippen molar-refractivity contribution in [3.05, 3.63) is 94.0 Å². The Bertz CT molecular complexity index is 1210. The lowest BCUT2D eigenvalue weighted by molar-refractivity contribution is -0.124. The summed E-state index contributed by atoms with van der Waals surface area (Å²) in [5.74, 6) is 0.955. The van der Waals surface area contributed by atoms with Gasteiger partial charge in [0.05, 0.1) is 6.61 Å². The number of halogens is 1. The minimum Gasteiger partial charge on any atom is -0.494 e. The number of carbonyl (C=O) groups excluding carboxylic acids is 1. The topological polar surface area (TPSA) is 80.2 Å². The van der Waals surface area contributed by atoms with E-state index in [1.807, 2.05) is 72.8 Å². The Hall–Kier alpha value is -3.16. The molecule has 2 N–H and O–H groups in total. The highest BCUT2D eigenvalue weighted by Crippen LogP contribution is 2.48. The van der Waals surface area contributed by atoms with Crippen molar-refractivity contribution in [2.75, 3.05) is 18.5 Å². The van der Waals surface area contributed by atoms with E-state index >= 15 is 0 Å². The summed E-state index contributed by atoms with van der Waals surface area (Å²) in [5, 5.41) is 12.0. The highest BCUT2D eigenvalue weighted by atomic mass is 79.9. The van der Waals surface area contributed by atoms with Crippen LogP contribution in [0.1, 0.15) is 29.2 Å². The fourth-order valence-electron chi connectivity index (χ4n) is 4.26. The summed E-state index contributed by atoms with van der Waals surface area (Å²) >= 11 is 3.61. The summed E-state index contributed by atoms with van der Waals surface area (Å²) in [7, 11) is 0. The predicted molar refractivity (Wildman–Crippen MR) is 130 cm³/mol. The third kappa shape index (κ3) is 4.03. The van der Waals surface area contributed by atoms with Gasteiger partial charge in [0.2, 0.25) is 5.90 Å². The minimum atomic E-state index is -1.12. The van der Waals surface area contributed by atoms with E-state index in [1.54, 1.807) is 0 Å². The van der Waals surface area contributed by atoms with Crippen LogP contribution in [0, 0.1) is 0 Å². The highest BCUT2D eigenvalue weighted by Gasteiger charge is 2.56. The van der Waals surface area contributed by atoms with Crippen molar-refractivity contribution in [1.82, 2.24) is 0 Å². The molecule has 0 spiro atoms. The first-order valence-corrected chi connectivity index (χ1v) is 11.6. The van der Waals surface area contributed by atoms with Gasteiger partial charge in [-0.15, -0.1) is 0 Å². The van der Waals surface area contributed by atoms with Crippen LogP contribution in [0.15, 0.2) is 82.3 Å². The monoisotopic (exact) mass is 506 g/mol. The number of nitrogens with one attached hydrogen (secondary N) is 1. The molecule has 0 unspecified atom stereocenters. The largest absolute Gasteiger partial charge is 0.494 e. The number of para-hydroxylation sites is 1. The van der Waals surface area contributed by atoms with Gasteiger partial charge in [-0.1, -0.05) is 52.3 Å². The van der Waals surface area contributed by atoms with Gasteiger partial charge >= 0.3 is 0 Å². The number of aliphatic hydroxyl groups excluding tert-OH is 1. The summed E-state index contributed by atoms with van der Waals surface area (Å²) in [4.78, 5) is 18.4. The number of aliphatic imine (C=N–C) groups is 1. The van der Waals surface area contributed by atoms with Gasteiger partial charge in [0, 0.05) is 40.7 Å². The zero-order chi connectivity index (χ0) is 22.8. The lowest BCUT2D eigenvalue weighted by Gasteiger charge is -2.36. The van der Waals surface area contributed by atoms with Gasteiger partial charge in [0.1, 0.15) is 5.75 Å². The van der Waals surface area contributed by atoms with Crippen LogP contribution in [0.4, 0.5) is 5.69 Å². The van der Waals surface area contributed by atoms with E-state index in [-0.39, 0.29) is 12.5 Å². The molecule has 0 aromatic heterocycles. The number of carbonyl (C=O) groups is 1. The molecule has 168 valence electrons. The molecule has 2 aliphatic heterocycles. The van der Waals surface area contributed by atoms with Gasteiger partial charge in [-0.05, 0) is 42.0 Å². The number of aliphatic hydroxyl groups is 1. The first-order valence-electron chi connectivity index (χ1n) is 10.8. The summed E-state index contributed by atoms with van der Waals surface area (Å²) in [6, 6.07) is 23.0. The molecule has 3 aromatic carbocycles. The van der Waals surface area contributed by atoms with Crippen LogP contribution in [0.2, 0.25) is 0 Å². The zero-order valence-corrected chi connectivity index (χ0v) is 19.4. The van der Waals surface area contributed by atoms with Gasteiger partial charge in [0.15, 0.2) is 11.6 Å². The molecule has 5 rings (SSSR count). The van der Waals surface area contributed by atoms with Crippen LogP contribution in [-0.2, 0) is 16.0 Å². The molecule has 0 radical (unpaired) electrons. The number of fused-ring (bicyclic) bond motifs is 3. The summed E-state index contributed by atoms with van der Waals surface area (Å²) in [5.41, 5.74) is 2.30. The second-order valence-electron chi connectivity index (χ2n) is 8.10. The third-order valence-corrected chi connectivity index (χ3v) is 6.71. The van der Waals surface area contributed by atoms with Crippen molar-refractivity contribution in [1.29, 1.82) is 0 Å². The third-order valence-electron chi connectivity index (χ3n) is 5.94. The number of nitrogens with zero attached hydrogens (tertiary/aromatic N) is 1. The maximum absolute atomic E-state index is 13.5. The summed E-state index contributed by atoms with van der Waals surface area (Å²) in [6.45, 7) is 0.536. The second kappa shape index (κ2) is 9.00. The van der Waals surface area contributed by atoms with E-state index in [0.29, 0.717) is 31.1 Å². The highest BCUT2D eigenvalue weighted by molar-refractivity contribution is 9.10. The van der Waals surface area contributed by atoms with Gasteiger partial charge in [-0.2, -0.15) is 0 Å². The molecule has 1 amide bonds. The Kier molecular flexibility index (Phi) is 5.91. The van der Waals surface area contributed by atoms with Crippen molar-refractivity contribution in [3.63, 3.8) is 0 Å². The first-order chi connectivity index (χ1) is 16.1. The molecular weight excluding hydrogens is 484 g/mol. The average molecular weight is 507 g/mol. The number of rotatable bonds is 7. The summed E-state index contributed by atoms with van der Waals surface area (Å²) in [6.07, 6.45) is 0.432. The number of anilines is 1. The lowest BCUT2D eigenvalue weighted by atomic mass is 9.79. The molecule has 6 nitrogen and oxygen atoms in total. The molecule has 33 heavy (non-hydrogen) atoms. The van der Waals surface area contributed by atoms with E-state index in [2.05, 4.69) is 21.2 Å². The minimum absolute atomic E-state index is 0.0905. The average Bonchev–Trinajstić information content (AvgIpc) is 3.23. The Morgan fingerprint density at radius 2 is 1.82 bits per heavy atom. The smallest absolute Gasteiger partial charge is 0.257 e. The van der Waals surface area contributed by atoms with E-state index in [1.165, 1.54) is 0 Å². The number of hydrogen-bond donors (Lipinski definition) is 2. The number of amides is 1. The molecule has 7 heteroatoms. The van der Waals surface area contributed by atoms with Crippen molar-refractivity contribution < 1.29 is 19.4 Å². The van der Waals surface area contributed by atoms with Crippen LogP contribution in [0.25, 0.3) is 0 Å². The number of benzene rings is 3. The Balaban J connectivity index is 1.53. The molecule has 0 fully saturated rings. The molecule has 3 aromatic rings. The standard InChI is InChI=1S/C26H23BrN2O4/c27-21-8-3-1-6-18(21)16-26-23(20-7-2-4-9-22(20)28-25(26)31)33-24(29-26)17-10-12-19(13-11-17)32-15-5-14-30/h1-4,6-13,23,30H,5,14-16H2,(H,28,31)/t23-,26-/m1/s1. The van der Waals surface area contributed by atoms with Gasteiger partial charge < -0.3 is 19.9 Å². The fraction of sp³-hybridized carbons (Fsp3) is 0.231. The number of hydrogen-bond acceptors (Lipinski definition) is 5. The van der Waals surface area contributed by atoms with Crippen LogP contribution in [0.5, 0.6) is 5.75 Å². The molecule has 0 aliphatic carbocycles. The molecule has 0 bridgehead atoms. The van der Waals surface area contributed by atoms with Crippen molar-refractivity contribution in [2.24, 2.45) is 4.99 Å².